The van der Waals surface area contributed by atoms with Crippen molar-refractivity contribution < 1.29 is 23.0 Å². The van der Waals surface area contributed by atoms with Gasteiger partial charge in [-0.2, -0.15) is 13.2 Å². The molecule has 2 aromatic carbocycles. The summed E-state index contributed by atoms with van der Waals surface area (Å²) in [6.45, 7) is 4.06. The molecule has 0 bridgehead atoms. The standard InChI is InChI=1S/C25H29F3N4O2/c1-18-10-20(12-22(11-18)25(26,27)28)19(2)34-15-24(21-6-4-3-5-7-21)9-8-23(14-33,13-29-24)32-16-30-31-17-32/h3-7,10-12,16-17,19,29,33H,8-9,13-15H2,1-2H3/t19-,23-,24-/m0/s1. The van der Waals surface area contributed by atoms with Gasteiger partial charge in [-0.05, 0) is 49.9 Å². The van der Waals surface area contributed by atoms with E-state index in [0.29, 0.717) is 30.5 Å². The van der Waals surface area contributed by atoms with Crippen molar-refractivity contribution in [3.63, 3.8) is 0 Å². The highest BCUT2D eigenvalue weighted by Gasteiger charge is 2.45. The maximum Gasteiger partial charge on any atom is 0.416 e. The van der Waals surface area contributed by atoms with E-state index in [1.807, 2.05) is 34.9 Å². The van der Waals surface area contributed by atoms with Gasteiger partial charge in [0.15, 0.2) is 0 Å². The van der Waals surface area contributed by atoms with Crippen LogP contribution in [0.1, 0.15) is 48.1 Å². The molecule has 182 valence electrons. The summed E-state index contributed by atoms with van der Waals surface area (Å²) in [4.78, 5) is 0. The molecule has 0 saturated carbocycles. The molecule has 0 aliphatic carbocycles. The minimum atomic E-state index is -4.41. The van der Waals surface area contributed by atoms with E-state index < -0.39 is 28.9 Å². The van der Waals surface area contributed by atoms with Gasteiger partial charge >= 0.3 is 6.18 Å². The van der Waals surface area contributed by atoms with Crippen LogP contribution in [0.25, 0.3) is 0 Å². The van der Waals surface area contributed by atoms with E-state index in [9.17, 15) is 18.3 Å². The fraction of sp³-hybridized carbons (Fsp3) is 0.440. The van der Waals surface area contributed by atoms with Crippen LogP contribution in [0.2, 0.25) is 0 Å². The zero-order chi connectivity index (χ0) is 24.4. The SMILES string of the molecule is Cc1cc([C@H](C)OC[C@]2(c3ccccc3)CC[C@](CO)(n3cnnc3)CN2)cc(C(F)(F)F)c1. The average Bonchev–Trinajstić information content (AvgIpc) is 3.38. The van der Waals surface area contributed by atoms with Crippen LogP contribution in [0.3, 0.4) is 0 Å². The molecule has 3 atom stereocenters. The van der Waals surface area contributed by atoms with Gasteiger partial charge in [0.2, 0.25) is 0 Å². The maximum absolute atomic E-state index is 13.3. The molecule has 2 heterocycles. The summed E-state index contributed by atoms with van der Waals surface area (Å²) in [6.07, 6.45) is -0.463. The first-order valence-electron chi connectivity index (χ1n) is 11.2. The van der Waals surface area contributed by atoms with E-state index in [4.69, 9.17) is 4.74 Å². The first kappa shape index (κ1) is 24.4. The molecule has 0 radical (unpaired) electrons. The highest BCUT2D eigenvalue weighted by Crippen LogP contribution is 2.39. The number of aliphatic hydroxyl groups is 1. The Morgan fingerprint density at radius 3 is 2.41 bits per heavy atom. The molecule has 3 aromatic rings. The van der Waals surface area contributed by atoms with E-state index in [1.54, 1.807) is 32.6 Å². The van der Waals surface area contributed by atoms with E-state index in [1.165, 1.54) is 0 Å². The fourth-order valence-corrected chi connectivity index (χ4v) is 4.62. The molecule has 2 N–H and O–H groups in total. The Balaban J connectivity index is 1.57. The van der Waals surface area contributed by atoms with Gasteiger partial charge in [-0.25, -0.2) is 0 Å². The van der Waals surface area contributed by atoms with E-state index in [2.05, 4.69) is 15.5 Å². The Labute approximate surface area is 196 Å². The number of piperidine rings is 1. The number of nitrogens with zero attached hydrogens (tertiary/aromatic N) is 3. The lowest BCUT2D eigenvalue weighted by Crippen LogP contribution is -2.60. The van der Waals surface area contributed by atoms with Crippen LogP contribution in [-0.2, 0) is 22.0 Å². The van der Waals surface area contributed by atoms with E-state index in [-0.39, 0.29) is 13.2 Å². The molecule has 1 aliphatic heterocycles. The third kappa shape index (κ3) is 4.87. The Hall–Kier alpha value is -2.75. The molecule has 0 unspecified atom stereocenters. The largest absolute Gasteiger partial charge is 0.416 e. The van der Waals surface area contributed by atoms with Crippen molar-refractivity contribution in [2.24, 2.45) is 0 Å². The summed E-state index contributed by atoms with van der Waals surface area (Å²) in [5, 5.41) is 21.5. The quantitative estimate of drug-likeness (QED) is 0.533. The predicted octanol–water partition coefficient (Wildman–Crippen LogP) is 4.35. The minimum absolute atomic E-state index is 0.0797. The lowest BCUT2D eigenvalue weighted by atomic mass is 9.76. The van der Waals surface area contributed by atoms with Crippen molar-refractivity contribution in [2.45, 2.75) is 50.0 Å². The first-order chi connectivity index (χ1) is 16.2. The zero-order valence-corrected chi connectivity index (χ0v) is 19.2. The molecule has 0 amide bonds. The van der Waals surface area contributed by atoms with Crippen LogP contribution in [0.4, 0.5) is 13.2 Å². The number of ether oxygens (including phenoxy) is 1. The summed E-state index contributed by atoms with van der Waals surface area (Å²) in [5.41, 5.74) is 0.242. The third-order valence-electron chi connectivity index (χ3n) is 6.84. The van der Waals surface area contributed by atoms with Gasteiger partial charge in [0.05, 0.1) is 36.0 Å². The topological polar surface area (TPSA) is 72.2 Å². The molecular formula is C25H29F3N4O2. The van der Waals surface area contributed by atoms with Crippen LogP contribution in [0, 0.1) is 6.92 Å². The normalized spacial score (nSPS) is 24.2. The maximum atomic E-state index is 13.3. The number of hydrogen-bond donors (Lipinski definition) is 2. The molecular weight excluding hydrogens is 445 g/mol. The summed E-state index contributed by atoms with van der Waals surface area (Å²) < 4.78 is 48.0. The number of aryl methyl sites for hydroxylation is 1. The molecule has 1 aromatic heterocycles. The number of aliphatic hydroxyl groups excluding tert-OH is 1. The van der Waals surface area contributed by atoms with Crippen molar-refractivity contribution in [1.82, 2.24) is 20.1 Å². The van der Waals surface area contributed by atoms with Crippen LogP contribution in [0.15, 0.2) is 61.2 Å². The van der Waals surface area contributed by atoms with Crippen LogP contribution < -0.4 is 5.32 Å². The van der Waals surface area contributed by atoms with Crippen LogP contribution >= 0.6 is 0 Å². The number of alkyl halides is 3. The Bertz CT molecular complexity index is 1080. The number of rotatable bonds is 7. The summed E-state index contributed by atoms with van der Waals surface area (Å²) in [5.74, 6) is 0. The van der Waals surface area contributed by atoms with Crippen molar-refractivity contribution in [2.75, 3.05) is 19.8 Å². The molecule has 0 spiro atoms. The van der Waals surface area contributed by atoms with Crippen LogP contribution in [-0.4, -0.2) is 39.6 Å². The smallest absolute Gasteiger partial charge is 0.394 e. The Morgan fingerprint density at radius 2 is 1.82 bits per heavy atom. The first-order valence-corrected chi connectivity index (χ1v) is 11.2. The summed E-state index contributed by atoms with van der Waals surface area (Å²) in [6, 6.07) is 13.9. The van der Waals surface area contributed by atoms with E-state index in [0.717, 1.165) is 17.7 Å². The summed E-state index contributed by atoms with van der Waals surface area (Å²) in [7, 11) is 0. The van der Waals surface area contributed by atoms with Gasteiger partial charge in [0.1, 0.15) is 12.7 Å². The molecule has 6 nitrogen and oxygen atoms in total. The molecule has 4 rings (SSSR count). The fourth-order valence-electron chi connectivity index (χ4n) is 4.62. The lowest BCUT2D eigenvalue weighted by Gasteiger charge is -2.47. The van der Waals surface area contributed by atoms with Crippen molar-refractivity contribution >= 4 is 0 Å². The Morgan fingerprint density at radius 1 is 1.12 bits per heavy atom. The number of hydrogen-bond acceptors (Lipinski definition) is 5. The minimum Gasteiger partial charge on any atom is -0.394 e. The van der Waals surface area contributed by atoms with Crippen molar-refractivity contribution in [3.8, 4) is 0 Å². The number of benzene rings is 2. The molecule has 9 heteroatoms. The van der Waals surface area contributed by atoms with Gasteiger partial charge in [0, 0.05) is 6.54 Å². The molecule has 1 fully saturated rings. The highest BCUT2D eigenvalue weighted by atomic mass is 19.4. The summed E-state index contributed by atoms with van der Waals surface area (Å²) >= 11 is 0. The average molecular weight is 475 g/mol. The lowest BCUT2D eigenvalue weighted by molar-refractivity contribution is -0.137. The molecule has 34 heavy (non-hydrogen) atoms. The second-order valence-electron chi connectivity index (χ2n) is 9.14. The van der Waals surface area contributed by atoms with E-state index >= 15 is 0 Å². The third-order valence-corrected chi connectivity index (χ3v) is 6.84. The van der Waals surface area contributed by atoms with Crippen LogP contribution in [0.5, 0.6) is 0 Å². The number of nitrogens with one attached hydrogen (secondary N) is 1. The van der Waals surface area contributed by atoms with Crippen molar-refractivity contribution in [3.05, 3.63) is 83.4 Å². The van der Waals surface area contributed by atoms with Gasteiger partial charge < -0.3 is 19.7 Å². The van der Waals surface area contributed by atoms with Crippen molar-refractivity contribution in [1.29, 1.82) is 0 Å². The zero-order valence-electron chi connectivity index (χ0n) is 19.2. The van der Waals surface area contributed by atoms with Gasteiger partial charge in [-0.15, -0.1) is 10.2 Å². The second-order valence-corrected chi connectivity index (χ2v) is 9.14. The molecule has 1 saturated heterocycles. The van der Waals surface area contributed by atoms with Gasteiger partial charge in [-0.3, -0.25) is 0 Å². The second kappa shape index (κ2) is 9.48. The number of aromatic nitrogens is 3. The molecule has 1 aliphatic rings. The highest BCUT2D eigenvalue weighted by molar-refractivity contribution is 5.32. The Kier molecular flexibility index (Phi) is 6.80. The van der Waals surface area contributed by atoms with Gasteiger partial charge in [0.25, 0.3) is 0 Å². The monoisotopic (exact) mass is 474 g/mol. The van der Waals surface area contributed by atoms with Gasteiger partial charge in [-0.1, -0.05) is 42.0 Å². The number of halogens is 3. The predicted molar refractivity (Wildman–Crippen MR) is 121 cm³/mol.